The van der Waals surface area contributed by atoms with Crippen molar-refractivity contribution >= 4 is 21.9 Å². The van der Waals surface area contributed by atoms with Crippen molar-refractivity contribution in [2.45, 2.75) is 11.4 Å². The topological polar surface area (TPSA) is 113 Å². The third-order valence-electron chi connectivity index (χ3n) is 2.97. The molecule has 0 aromatic carbocycles. The molecule has 9 nitrogen and oxygen atoms in total. The van der Waals surface area contributed by atoms with Gasteiger partial charge in [-0.3, -0.25) is 14.3 Å². The largest absolute Gasteiger partial charge is 0.480 e. The maximum Gasteiger partial charge on any atom is 0.325 e. The second-order valence-corrected chi connectivity index (χ2v) is 6.36. The Kier molecular flexibility index (Phi) is 3.77. The number of carbonyl (C=O) groups is 2. The zero-order valence-electron chi connectivity index (χ0n) is 10.8. The summed E-state index contributed by atoms with van der Waals surface area (Å²) in [4.78, 5) is 23.4. The van der Waals surface area contributed by atoms with Gasteiger partial charge in [-0.1, -0.05) is 0 Å². The van der Waals surface area contributed by atoms with Crippen molar-refractivity contribution in [1.29, 1.82) is 0 Å². The highest BCUT2D eigenvalue weighted by Crippen LogP contribution is 2.16. The highest BCUT2D eigenvalue weighted by atomic mass is 32.2. The fourth-order valence-corrected chi connectivity index (χ4v) is 3.13. The van der Waals surface area contributed by atoms with Crippen LogP contribution in [0.4, 0.5) is 0 Å². The number of hydrogen-bond acceptors (Lipinski definition) is 5. The van der Waals surface area contributed by atoms with Crippen molar-refractivity contribution in [3.05, 3.63) is 12.4 Å². The van der Waals surface area contributed by atoms with Gasteiger partial charge in [0.2, 0.25) is 15.9 Å². The molecule has 2 rings (SSSR count). The van der Waals surface area contributed by atoms with Crippen LogP contribution in [0.3, 0.4) is 0 Å². The van der Waals surface area contributed by atoms with E-state index >= 15 is 0 Å². The number of amides is 1. The van der Waals surface area contributed by atoms with E-state index in [2.05, 4.69) is 5.10 Å². The minimum absolute atomic E-state index is 0.115. The molecule has 0 radical (unpaired) electrons. The molecule has 1 fully saturated rings. The first-order valence-electron chi connectivity index (χ1n) is 5.79. The predicted octanol–water partition coefficient (Wildman–Crippen LogP) is -1.57. The van der Waals surface area contributed by atoms with Crippen LogP contribution in [0.5, 0.6) is 0 Å². The number of aromatic nitrogens is 2. The molecule has 0 spiro atoms. The number of hydrogen-bond donors (Lipinski definition) is 1. The van der Waals surface area contributed by atoms with Gasteiger partial charge in [-0.25, -0.2) is 8.42 Å². The van der Waals surface area contributed by atoms with Crippen LogP contribution in [0.25, 0.3) is 0 Å². The molecule has 2 heterocycles. The van der Waals surface area contributed by atoms with Crippen LogP contribution in [0, 0.1) is 0 Å². The van der Waals surface area contributed by atoms with Gasteiger partial charge in [-0.05, 0) is 0 Å². The zero-order chi connectivity index (χ0) is 14.9. The fraction of sp³-hybridized carbons (Fsp3) is 0.500. The van der Waals surface area contributed by atoms with Gasteiger partial charge < -0.3 is 10.0 Å². The van der Waals surface area contributed by atoms with Crippen molar-refractivity contribution in [2.24, 2.45) is 0 Å². The van der Waals surface area contributed by atoms with Crippen LogP contribution in [-0.4, -0.2) is 71.1 Å². The SMILES string of the molecule is CN1CCN(S(=O)(=O)c2cnn(CC(=O)O)c2)CC1=O. The molecule has 1 aromatic heterocycles. The van der Waals surface area contributed by atoms with Gasteiger partial charge in [0, 0.05) is 26.3 Å². The van der Waals surface area contributed by atoms with Gasteiger partial charge in [0.05, 0.1) is 12.7 Å². The third kappa shape index (κ3) is 2.80. The Bertz CT molecular complexity index is 638. The normalized spacial score (nSPS) is 17.4. The Balaban J connectivity index is 2.20. The van der Waals surface area contributed by atoms with Crippen LogP contribution in [0.2, 0.25) is 0 Å². The molecular formula is C10H14N4O5S. The van der Waals surface area contributed by atoms with E-state index in [-0.39, 0.29) is 23.9 Å². The van der Waals surface area contributed by atoms with E-state index in [1.807, 2.05) is 0 Å². The average Bonchev–Trinajstić information content (AvgIpc) is 2.80. The van der Waals surface area contributed by atoms with Crippen molar-refractivity contribution < 1.29 is 23.1 Å². The molecule has 20 heavy (non-hydrogen) atoms. The van der Waals surface area contributed by atoms with Gasteiger partial charge >= 0.3 is 5.97 Å². The van der Waals surface area contributed by atoms with Crippen LogP contribution >= 0.6 is 0 Å². The molecule has 110 valence electrons. The van der Waals surface area contributed by atoms with E-state index in [9.17, 15) is 18.0 Å². The van der Waals surface area contributed by atoms with Gasteiger partial charge in [-0.2, -0.15) is 9.40 Å². The first kappa shape index (κ1) is 14.5. The van der Waals surface area contributed by atoms with E-state index in [1.54, 1.807) is 7.05 Å². The molecule has 1 aromatic rings. The lowest BCUT2D eigenvalue weighted by Crippen LogP contribution is -2.50. The van der Waals surface area contributed by atoms with Gasteiger partial charge in [0.25, 0.3) is 0 Å². The molecule has 0 aliphatic carbocycles. The molecule has 1 N–H and O–H groups in total. The molecule has 10 heteroatoms. The summed E-state index contributed by atoms with van der Waals surface area (Å²) in [6.45, 7) is -0.115. The van der Waals surface area contributed by atoms with Crippen molar-refractivity contribution in [2.75, 3.05) is 26.7 Å². The number of piperazine rings is 1. The number of carbonyl (C=O) groups excluding carboxylic acids is 1. The molecule has 1 amide bonds. The number of nitrogens with zero attached hydrogens (tertiary/aromatic N) is 4. The number of sulfonamides is 1. The molecule has 1 aliphatic heterocycles. The maximum atomic E-state index is 12.3. The highest BCUT2D eigenvalue weighted by Gasteiger charge is 2.32. The van der Waals surface area contributed by atoms with E-state index < -0.39 is 22.5 Å². The Morgan fingerprint density at radius 2 is 2.15 bits per heavy atom. The number of carboxylic acids is 1. The maximum absolute atomic E-state index is 12.3. The van der Waals surface area contributed by atoms with Crippen molar-refractivity contribution in [1.82, 2.24) is 19.0 Å². The second kappa shape index (κ2) is 5.21. The van der Waals surface area contributed by atoms with Crippen LogP contribution < -0.4 is 0 Å². The van der Waals surface area contributed by atoms with Crippen molar-refractivity contribution in [3.63, 3.8) is 0 Å². The molecule has 0 unspecified atom stereocenters. The number of carboxylic acid groups (broad SMARTS) is 1. The molecule has 1 aliphatic rings. The Hall–Kier alpha value is -1.94. The van der Waals surface area contributed by atoms with E-state index in [1.165, 1.54) is 4.90 Å². The first-order valence-corrected chi connectivity index (χ1v) is 7.23. The summed E-state index contributed by atoms with van der Waals surface area (Å²) in [5.74, 6) is -1.40. The van der Waals surface area contributed by atoms with E-state index in [4.69, 9.17) is 5.11 Å². The van der Waals surface area contributed by atoms with Crippen LogP contribution in [0.1, 0.15) is 0 Å². The molecule has 0 saturated carbocycles. The summed E-state index contributed by atoms with van der Waals surface area (Å²) in [6, 6.07) is 0. The second-order valence-electron chi connectivity index (χ2n) is 4.42. The van der Waals surface area contributed by atoms with Crippen molar-refractivity contribution in [3.8, 4) is 0 Å². The Morgan fingerprint density at radius 3 is 2.75 bits per heavy atom. The quantitative estimate of drug-likeness (QED) is 0.719. The first-order chi connectivity index (χ1) is 9.30. The standard InChI is InChI=1S/C10H14N4O5S/c1-12-2-3-14(6-9(12)15)20(18,19)8-4-11-13(5-8)7-10(16)17/h4-5H,2-3,6-7H2,1H3,(H,16,17). The highest BCUT2D eigenvalue weighted by molar-refractivity contribution is 7.89. The summed E-state index contributed by atoms with van der Waals surface area (Å²) in [7, 11) is -2.22. The lowest BCUT2D eigenvalue weighted by molar-refractivity contribution is -0.138. The molecular weight excluding hydrogens is 288 g/mol. The average molecular weight is 302 g/mol. The van der Waals surface area contributed by atoms with E-state index in [0.29, 0.717) is 6.54 Å². The zero-order valence-corrected chi connectivity index (χ0v) is 11.6. The predicted molar refractivity (Wildman–Crippen MR) is 66.3 cm³/mol. The summed E-state index contributed by atoms with van der Waals surface area (Å²) in [6.07, 6.45) is 2.23. The number of likely N-dealkylation sites (N-methyl/N-ethyl adjacent to an activating group) is 1. The summed E-state index contributed by atoms with van der Waals surface area (Å²) >= 11 is 0. The number of rotatable bonds is 4. The lowest BCUT2D eigenvalue weighted by atomic mass is 10.4. The third-order valence-corrected chi connectivity index (χ3v) is 4.76. The summed E-state index contributed by atoms with van der Waals surface area (Å²) in [5, 5.41) is 12.3. The van der Waals surface area contributed by atoms with Crippen LogP contribution in [-0.2, 0) is 26.2 Å². The number of aliphatic carboxylic acids is 1. The van der Waals surface area contributed by atoms with Gasteiger partial charge in [-0.15, -0.1) is 0 Å². The Morgan fingerprint density at radius 1 is 1.45 bits per heavy atom. The van der Waals surface area contributed by atoms with Crippen LogP contribution in [0.15, 0.2) is 17.3 Å². The molecule has 0 bridgehead atoms. The smallest absolute Gasteiger partial charge is 0.325 e. The van der Waals surface area contributed by atoms with E-state index in [0.717, 1.165) is 21.4 Å². The monoisotopic (exact) mass is 302 g/mol. The lowest BCUT2D eigenvalue weighted by Gasteiger charge is -2.30. The summed E-state index contributed by atoms with van der Waals surface area (Å²) in [5.41, 5.74) is 0. The van der Waals surface area contributed by atoms with Gasteiger partial charge in [0.1, 0.15) is 11.4 Å². The Labute approximate surface area is 115 Å². The minimum atomic E-state index is -3.82. The summed E-state index contributed by atoms with van der Waals surface area (Å²) < 4.78 is 26.7. The molecule has 1 saturated heterocycles. The minimum Gasteiger partial charge on any atom is -0.480 e. The fourth-order valence-electron chi connectivity index (χ4n) is 1.79. The molecule has 0 atom stereocenters. The van der Waals surface area contributed by atoms with Gasteiger partial charge in [0.15, 0.2) is 0 Å².